The van der Waals surface area contributed by atoms with Gasteiger partial charge in [-0.25, -0.2) is 0 Å². The fourth-order valence-electron chi connectivity index (χ4n) is 2.63. The van der Waals surface area contributed by atoms with Crippen LogP contribution in [0.2, 0.25) is 0 Å². The van der Waals surface area contributed by atoms with Crippen molar-refractivity contribution < 1.29 is 0 Å². The Labute approximate surface area is 93.8 Å². The zero-order valence-corrected chi connectivity index (χ0v) is 10.4. The van der Waals surface area contributed by atoms with Gasteiger partial charge in [0.25, 0.3) is 0 Å². The predicted octanol–water partition coefficient (Wildman–Crippen LogP) is 0.620. The van der Waals surface area contributed by atoms with Crippen LogP contribution in [0, 0.1) is 5.92 Å². The molecule has 2 unspecified atom stereocenters. The summed E-state index contributed by atoms with van der Waals surface area (Å²) in [4.78, 5) is 5.07. The molecule has 1 aliphatic heterocycles. The van der Waals surface area contributed by atoms with Crippen molar-refractivity contribution in [2.24, 2.45) is 5.92 Å². The zero-order chi connectivity index (χ0) is 10.8. The molecule has 0 radical (unpaired) electrons. The molecule has 1 N–H and O–H groups in total. The van der Waals surface area contributed by atoms with Crippen LogP contribution in [0.25, 0.3) is 0 Å². The second kappa shape index (κ2) is 4.81. The van der Waals surface area contributed by atoms with E-state index in [9.17, 15) is 0 Å². The minimum atomic E-state index is 0.720. The Bertz CT molecular complexity index is 201. The number of nitrogens with zero attached hydrogens (tertiary/aromatic N) is 2. The normalized spacial score (nSPS) is 34.4. The van der Waals surface area contributed by atoms with Crippen LogP contribution in [0.1, 0.15) is 19.8 Å². The third-order valence-corrected chi connectivity index (χ3v) is 3.46. The fraction of sp³-hybridized carbons (Fsp3) is 1.00. The van der Waals surface area contributed by atoms with Gasteiger partial charge in [0, 0.05) is 31.7 Å². The quantitative estimate of drug-likeness (QED) is 0.738. The zero-order valence-electron chi connectivity index (χ0n) is 10.4. The van der Waals surface area contributed by atoms with Crippen LogP contribution in [0.5, 0.6) is 0 Å². The molecule has 2 fully saturated rings. The molecule has 1 aliphatic carbocycles. The van der Waals surface area contributed by atoms with Crippen LogP contribution in [0.15, 0.2) is 0 Å². The first-order valence-corrected chi connectivity index (χ1v) is 6.28. The number of hydrogen-bond donors (Lipinski definition) is 1. The lowest BCUT2D eigenvalue weighted by Gasteiger charge is -2.32. The Morgan fingerprint density at radius 2 is 2.00 bits per heavy atom. The molecule has 0 aromatic rings. The van der Waals surface area contributed by atoms with Gasteiger partial charge in [-0.05, 0) is 39.4 Å². The second-order valence-corrected chi connectivity index (χ2v) is 5.61. The number of hydrogen-bond acceptors (Lipinski definition) is 3. The molecule has 1 heterocycles. The van der Waals surface area contributed by atoms with Crippen molar-refractivity contribution in [3.8, 4) is 0 Å². The molecular weight excluding hydrogens is 186 g/mol. The van der Waals surface area contributed by atoms with Gasteiger partial charge in [-0.15, -0.1) is 0 Å². The predicted molar refractivity (Wildman–Crippen MR) is 64.1 cm³/mol. The highest BCUT2D eigenvalue weighted by Gasteiger charge is 2.35. The maximum absolute atomic E-state index is 3.60. The molecule has 1 saturated heterocycles. The van der Waals surface area contributed by atoms with Crippen LogP contribution in [-0.4, -0.2) is 62.2 Å². The highest BCUT2D eigenvalue weighted by atomic mass is 15.3. The van der Waals surface area contributed by atoms with Crippen LogP contribution in [0.4, 0.5) is 0 Å². The van der Waals surface area contributed by atoms with Gasteiger partial charge in [0.15, 0.2) is 0 Å². The lowest BCUT2D eigenvalue weighted by Crippen LogP contribution is -2.47. The van der Waals surface area contributed by atoms with Crippen LogP contribution < -0.4 is 5.32 Å². The van der Waals surface area contributed by atoms with Gasteiger partial charge in [-0.1, -0.05) is 6.92 Å². The molecule has 1 saturated carbocycles. The van der Waals surface area contributed by atoms with Crippen molar-refractivity contribution in [3.05, 3.63) is 0 Å². The molecule has 0 aromatic carbocycles. The van der Waals surface area contributed by atoms with Crippen molar-refractivity contribution in [1.29, 1.82) is 0 Å². The van der Waals surface area contributed by atoms with E-state index in [2.05, 4.69) is 36.1 Å². The third kappa shape index (κ3) is 3.16. The average molecular weight is 211 g/mol. The first-order chi connectivity index (χ1) is 7.16. The van der Waals surface area contributed by atoms with Gasteiger partial charge in [-0.2, -0.15) is 0 Å². The molecule has 2 atom stereocenters. The second-order valence-electron chi connectivity index (χ2n) is 5.61. The Hall–Kier alpha value is -0.120. The molecule has 2 rings (SSSR count). The Balaban J connectivity index is 1.97. The third-order valence-electron chi connectivity index (χ3n) is 3.46. The molecule has 0 amide bonds. The Morgan fingerprint density at radius 1 is 1.27 bits per heavy atom. The van der Waals surface area contributed by atoms with E-state index in [4.69, 9.17) is 0 Å². The van der Waals surface area contributed by atoms with E-state index in [1.165, 1.54) is 39.0 Å². The van der Waals surface area contributed by atoms with E-state index in [0.29, 0.717) is 0 Å². The van der Waals surface area contributed by atoms with E-state index in [-0.39, 0.29) is 0 Å². The number of nitrogens with one attached hydrogen (secondary N) is 1. The fourth-order valence-corrected chi connectivity index (χ4v) is 2.63. The summed E-state index contributed by atoms with van der Waals surface area (Å²) in [6.07, 6.45) is 2.85. The van der Waals surface area contributed by atoms with Crippen molar-refractivity contribution in [1.82, 2.24) is 15.1 Å². The van der Waals surface area contributed by atoms with Gasteiger partial charge < -0.3 is 10.2 Å². The van der Waals surface area contributed by atoms with Crippen molar-refractivity contribution in [3.63, 3.8) is 0 Å². The topological polar surface area (TPSA) is 18.5 Å². The Kier molecular flexibility index (Phi) is 3.65. The lowest BCUT2D eigenvalue weighted by molar-refractivity contribution is 0.152. The summed E-state index contributed by atoms with van der Waals surface area (Å²) in [5, 5.41) is 3.60. The molecule has 2 aliphatic rings. The maximum Gasteiger partial charge on any atom is 0.0350 e. The van der Waals surface area contributed by atoms with E-state index < -0.39 is 0 Å². The summed E-state index contributed by atoms with van der Waals surface area (Å²) in [5.41, 5.74) is 0. The van der Waals surface area contributed by atoms with Gasteiger partial charge in [-0.3, -0.25) is 4.90 Å². The molecular formula is C12H25N3. The summed E-state index contributed by atoms with van der Waals surface area (Å²) in [5.74, 6) is 0.803. The smallest absolute Gasteiger partial charge is 0.0350 e. The summed E-state index contributed by atoms with van der Waals surface area (Å²) in [7, 11) is 4.36. The van der Waals surface area contributed by atoms with E-state index >= 15 is 0 Å². The van der Waals surface area contributed by atoms with Gasteiger partial charge in [0.2, 0.25) is 0 Å². The summed E-state index contributed by atoms with van der Waals surface area (Å²) >= 11 is 0. The summed E-state index contributed by atoms with van der Waals surface area (Å²) in [6.45, 7) is 7.19. The van der Waals surface area contributed by atoms with Crippen molar-refractivity contribution in [2.75, 3.05) is 40.3 Å². The monoisotopic (exact) mass is 211 g/mol. The maximum atomic E-state index is 3.60. The van der Waals surface area contributed by atoms with Crippen LogP contribution in [-0.2, 0) is 0 Å². The minimum Gasteiger partial charge on any atom is -0.315 e. The largest absolute Gasteiger partial charge is 0.315 e. The molecule has 3 nitrogen and oxygen atoms in total. The van der Waals surface area contributed by atoms with Crippen molar-refractivity contribution >= 4 is 0 Å². The highest BCUT2D eigenvalue weighted by Crippen LogP contribution is 2.30. The van der Waals surface area contributed by atoms with Gasteiger partial charge in [0.05, 0.1) is 0 Å². The SMILES string of the molecule is CC1CNCC(CN(C)C)N(C2CC2)C1. The highest BCUT2D eigenvalue weighted by molar-refractivity contribution is 4.92. The minimum absolute atomic E-state index is 0.720. The molecule has 0 spiro atoms. The molecule has 15 heavy (non-hydrogen) atoms. The van der Waals surface area contributed by atoms with Gasteiger partial charge in [0.1, 0.15) is 0 Å². The molecule has 0 aromatic heterocycles. The lowest BCUT2D eigenvalue weighted by atomic mass is 10.1. The average Bonchev–Trinajstić information content (AvgIpc) is 2.93. The van der Waals surface area contributed by atoms with Gasteiger partial charge >= 0.3 is 0 Å². The molecule has 0 bridgehead atoms. The van der Waals surface area contributed by atoms with Crippen LogP contribution >= 0.6 is 0 Å². The summed E-state index contributed by atoms with van der Waals surface area (Å²) < 4.78 is 0. The van der Waals surface area contributed by atoms with E-state index in [1.54, 1.807) is 0 Å². The number of rotatable bonds is 3. The standard InChI is InChI=1S/C12H25N3/c1-10-6-13-7-12(9-14(2)3)15(8-10)11-4-5-11/h10-13H,4-9H2,1-3H3. The van der Waals surface area contributed by atoms with E-state index in [1.807, 2.05) is 0 Å². The Morgan fingerprint density at radius 3 is 2.60 bits per heavy atom. The first kappa shape index (κ1) is 11.4. The van der Waals surface area contributed by atoms with Crippen molar-refractivity contribution in [2.45, 2.75) is 31.8 Å². The first-order valence-electron chi connectivity index (χ1n) is 6.28. The van der Waals surface area contributed by atoms with Crippen LogP contribution in [0.3, 0.4) is 0 Å². The molecule has 3 heteroatoms. The molecule has 88 valence electrons. The van der Waals surface area contributed by atoms with E-state index in [0.717, 1.165) is 18.0 Å². The summed E-state index contributed by atoms with van der Waals surface area (Å²) in [6, 6.07) is 1.62. The number of likely N-dealkylation sites (N-methyl/N-ethyl adjacent to an activating group) is 1.